The van der Waals surface area contributed by atoms with E-state index in [2.05, 4.69) is 4.74 Å². The maximum absolute atomic E-state index is 11.6. The Kier molecular flexibility index (Phi) is 6.02. The second kappa shape index (κ2) is 6.73. The number of allylic oxidation sites excluding steroid dienone is 1. The summed E-state index contributed by atoms with van der Waals surface area (Å²) in [7, 11) is 8.50. The molecular formula is C12H20N2O3. The fourth-order valence-electron chi connectivity index (χ4n) is 1.21. The molecule has 0 radical (unpaired) electrons. The van der Waals surface area contributed by atoms with Crippen LogP contribution in [0, 0.1) is 0 Å². The molecule has 0 atom stereocenters. The Balaban J connectivity index is 5.60. The molecule has 0 spiro atoms. The lowest BCUT2D eigenvalue weighted by Gasteiger charge is -2.17. The molecule has 0 rings (SSSR count). The van der Waals surface area contributed by atoms with Crippen LogP contribution in [0.3, 0.4) is 0 Å². The standard InChI is InChI=1S/C12H20N2O3/c1-9(15)11(12(16)17-6)10(14(4)5)7-8-13(2)3/h7-8H,1-6H3/b8-7+,11-10+. The van der Waals surface area contributed by atoms with Crippen molar-refractivity contribution in [3.05, 3.63) is 23.5 Å². The minimum Gasteiger partial charge on any atom is -0.465 e. The molecule has 0 aromatic heterocycles. The fourth-order valence-corrected chi connectivity index (χ4v) is 1.21. The van der Waals surface area contributed by atoms with Gasteiger partial charge in [0.15, 0.2) is 5.78 Å². The van der Waals surface area contributed by atoms with Gasteiger partial charge in [-0.05, 0) is 13.0 Å². The molecule has 0 aliphatic rings. The van der Waals surface area contributed by atoms with Crippen LogP contribution in [0.4, 0.5) is 0 Å². The van der Waals surface area contributed by atoms with Gasteiger partial charge in [0, 0.05) is 34.4 Å². The summed E-state index contributed by atoms with van der Waals surface area (Å²) in [5, 5.41) is 0. The first-order chi connectivity index (χ1) is 7.81. The summed E-state index contributed by atoms with van der Waals surface area (Å²) in [5.41, 5.74) is 0.577. The number of carbonyl (C=O) groups is 2. The molecule has 0 N–H and O–H groups in total. The average Bonchev–Trinajstić information content (AvgIpc) is 2.21. The third kappa shape index (κ3) is 4.72. The monoisotopic (exact) mass is 240 g/mol. The first-order valence-corrected chi connectivity index (χ1v) is 5.16. The summed E-state index contributed by atoms with van der Waals surface area (Å²) in [6.07, 6.45) is 3.47. The van der Waals surface area contributed by atoms with Crippen molar-refractivity contribution >= 4 is 11.8 Å². The van der Waals surface area contributed by atoms with E-state index in [4.69, 9.17) is 0 Å². The maximum atomic E-state index is 11.6. The summed E-state index contributed by atoms with van der Waals surface area (Å²) in [5.74, 6) is -0.937. The quantitative estimate of drug-likeness (QED) is 0.232. The number of ketones is 1. The van der Waals surface area contributed by atoms with E-state index < -0.39 is 5.97 Å². The minimum absolute atomic E-state index is 0.0515. The van der Waals surface area contributed by atoms with Crippen LogP contribution in [0.15, 0.2) is 23.5 Å². The van der Waals surface area contributed by atoms with E-state index in [0.29, 0.717) is 5.70 Å². The van der Waals surface area contributed by atoms with Crippen LogP contribution < -0.4 is 0 Å². The number of Topliss-reactive ketones (excluding diaryl/α,β-unsaturated/α-hetero) is 1. The van der Waals surface area contributed by atoms with Crippen LogP contribution in [0.2, 0.25) is 0 Å². The number of carbonyl (C=O) groups excluding carboxylic acids is 2. The highest BCUT2D eigenvalue weighted by Crippen LogP contribution is 2.12. The minimum atomic E-state index is -0.621. The molecule has 17 heavy (non-hydrogen) atoms. The summed E-state index contributed by atoms with van der Waals surface area (Å²) >= 11 is 0. The first kappa shape index (κ1) is 15.2. The third-order valence-electron chi connectivity index (χ3n) is 2.01. The Morgan fingerprint density at radius 1 is 1.12 bits per heavy atom. The molecule has 0 saturated heterocycles. The third-order valence-corrected chi connectivity index (χ3v) is 2.01. The Bertz CT molecular complexity index is 355. The molecule has 0 aliphatic carbocycles. The van der Waals surface area contributed by atoms with Crippen LogP contribution in [-0.4, -0.2) is 56.9 Å². The molecule has 5 nitrogen and oxygen atoms in total. The van der Waals surface area contributed by atoms with Crippen LogP contribution in [0.1, 0.15) is 6.92 Å². The lowest BCUT2D eigenvalue weighted by Crippen LogP contribution is -2.21. The SMILES string of the molecule is COC(=O)/C(C(C)=O)=C(\C=C\N(C)C)N(C)C. The summed E-state index contributed by atoms with van der Waals surface area (Å²) in [6.45, 7) is 1.35. The summed E-state index contributed by atoms with van der Waals surface area (Å²) in [4.78, 5) is 26.6. The van der Waals surface area contributed by atoms with Crippen molar-refractivity contribution < 1.29 is 14.3 Å². The predicted octanol–water partition coefficient (Wildman–Crippen LogP) is 0.639. The summed E-state index contributed by atoms with van der Waals surface area (Å²) in [6, 6.07) is 0. The zero-order chi connectivity index (χ0) is 13.6. The lowest BCUT2D eigenvalue weighted by atomic mass is 10.1. The Hall–Kier alpha value is -1.78. The zero-order valence-corrected chi connectivity index (χ0v) is 11.3. The largest absolute Gasteiger partial charge is 0.465 e. The van der Waals surface area contributed by atoms with Gasteiger partial charge in [-0.2, -0.15) is 0 Å². The van der Waals surface area contributed by atoms with Gasteiger partial charge in [0.1, 0.15) is 5.57 Å². The van der Waals surface area contributed by atoms with E-state index in [1.807, 2.05) is 19.0 Å². The Morgan fingerprint density at radius 2 is 1.65 bits per heavy atom. The van der Waals surface area contributed by atoms with E-state index >= 15 is 0 Å². The van der Waals surface area contributed by atoms with Crippen molar-refractivity contribution in [2.75, 3.05) is 35.3 Å². The van der Waals surface area contributed by atoms with E-state index in [-0.39, 0.29) is 11.4 Å². The number of nitrogens with zero attached hydrogens (tertiary/aromatic N) is 2. The highest BCUT2D eigenvalue weighted by molar-refractivity contribution is 6.17. The normalized spacial score (nSPS) is 12.1. The highest BCUT2D eigenvalue weighted by Gasteiger charge is 2.20. The number of likely N-dealkylation sites (N-methyl/N-ethyl adjacent to an activating group) is 1. The smallest absolute Gasteiger partial charge is 0.343 e. The van der Waals surface area contributed by atoms with Crippen molar-refractivity contribution in [3.8, 4) is 0 Å². The average molecular weight is 240 g/mol. The highest BCUT2D eigenvalue weighted by atomic mass is 16.5. The van der Waals surface area contributed by atoms with Gasteiger partial charge in [-0.3, -0.25) is 4.79 Å². The van der Waals surface area contributed by atoms with E-state index in [9.17, 15) is 9.59 Å². The van der Waals surface area contributed by atoms with Gasteiger partial charge in [0.25, 0.3) is 0 Å². The van der Waals surface area contributed by atoms with Gasteiger partial charge in [-0.15, -0.1) is 0 Å². The van der Waals surface area contributed by atoms with Gasteiger partial charge >= 0.3 is 5.97 Å². The van der Waals surface area contributed by atoms with E-state index in [1.165, 1.54) is 14.0 Å². The number of hydrogen-bond donors (Lipinski definition) is 0. The number of esters is 1. The Morgan fingerprint density at radius 3 is 1.94 bits per heavy atom. The van der Waals surface area contributed by atoms with Gasteiger partial charge in [-0.25, -0.2) is 4.79 Å². The number of rotatable bonds is 5. The molecular weight excluding hydrogens is 220 g/mol. The molecule has 0 aliphatic heterocycles. The van der Waals surface area contributed by atoms with Gasteiger partial charge in [0.2, 0.25) is 0 Å². The zero-order valence-electron chi connectivity index (χ0n) is 11.3. The lowest BCUT2D eigenvalue weighted by molar-refractivity contribution is -0.137. The molecule has 96 valence electrons. The van der Waals surface area contributed by atoms with E-state index in [0.717, 1.165) is 0 Å². The molecule has 0 bridgehead atoms. The number of ether oxygens (including phenoxy) is 1. The topological polar surface area (TPSA) is 49.9 Å². The molecule has 0 amide bonds. The first-order valence-electron chi connectivity index (χ1n) is 5.16. The molecule has 0 saturated carbocycles. The second-order valence-electron chi connectivity index (χ2n) is 3.98. The van der Waals surface area contributed by atoms with Crippen molar-refractivity contribution in [2.24, 2.45) is 0 Å². The predicted molar refractivity (Wildman–Crippen MR) is 66.2 cm³/mol. The van der Waals surface area contributed by atoms with Crippen LogP contribution >= 0.6 is 0 Å². The molecule has 0 aromatic rings. The van der Waals surface area contributed by atoms with Crippen molar-refractivity contribution in [3.63, 3.8) is 0 Å². The molecule has 0 aromatic carbocycles. The second-order valence-corrected chi connectivity index (χ2v) is 3.98. The Labute approximate surface area is 102 Å². The molecule has 0 heterocycles. The van der Waals surface area contributed by atoms with Gasteiger partial charge in [0.05, 0.1) is 12.8 Å². The summed E-state index contributed by atoms with van der Waals surface area (Å²) < 4.78 is 4.62. The van der Waals surface area contributed by atoms with Crippen LogP contribution in [0.25, 0.3) is 0 Å². The van der Waals surface area contributed by atoms with Crippen LogP contribution in [-0.2, 0) is 14.3 Å². The number of methoxy groups -OCH3 is 1. The van der Waals surface area contributed by atoms with Crippen molar-refractivity contribution in [1.82, 2.24) is 9.80 Å². The van der Waals surface area contributed by atoms with Gasteiger partial charge < -0.3 is 14.5 Å². The van der Waals surface area contributed by atoms with E-state index in [1.54, 1.807) is 31.3 Å². The number of hydrogen-bond acceptors (Lipinski definition) is 5. The van der Waals surface area contributed by atoms with Crippen LogP contribution in [0.5, 0.6) is 0 Å². The molecule has 0 fully saturated rings. The molecule has 0 unspecified atom stereocenters. The molecule has 5 heteroatoms. The van der Waals surface area contributed by atoms with Crippen molar-refractivity contribution in [2.45, 2.75) is 6.92 Å². The van der Waals surface area contributed by atoms with Crippen molar-refractivity contribution in [1.29, 1.82) is 0 Å². The van der Waals surface area contributed by atoms with Gasteiger partial charge in [-0.1, -0.05) is 0 Å². The maximum Gasteiger partial charge on any atom is 0.343 e. The fraction of sp³-hybridized carbons (Fsp3) is 0.500.